The minimum absolute atomic E-state index is 0.0746. The lowest BCUT2D eigenvalue weighted by molar-refractivity contribution is 0.0217. The van der Waals surface area contributed by atoms with E-state index >= 15 is 0 Å². The van der Waals surface area contributed by atoms with Gasteiger partial charge in [-0.1, -0.05) is 17.7 Å². The Morgan fingerprint density at radius 2 is 1.93 bits per heavy atom. The molecule has 0 fully saturated rings. The summed E-state index contributed by atoms with van der Waals surface area (Å²) in [7, 11) is -3.91. The fraction of sp³-hybridized carbons (Fsp3) is 0.474. The van der Waals surface area contributed by atoms with Crippen molar-refractivity contribution in [3.05, 3.63) is 47.2 Å². The van der Waals surface area contributed by atoms with E-state index in [4.69, 9.17) is 13.3 Å². The molecule has 152 valence electrons. The maximum atomic E-state index is 12.3. The number of fused-ring (bicyclic) bond motifs is 1. The molecular formula is C19H24N2O6S. The maximum absolute atomic E-state index is 12.3. The largest absolute Gasteiger partial charge is 0.444 e. The molecule has 0 N–H and O–H groups in total. The lowest BCUT2D eigenvalue weighted by Crippen LogP contribution is -2.39. The Hall–Kier alpha value is -2.39. The van der Waals surface area contributed by atoms with Crippen LogP contribution in [0.5, 0.6) is 0 Å². The van der Waals surface area contributed by atoms with E-state index in [1.807, 2.05) is 6.92 Å². The van der Waals surface area contributed by atoms with Gasteiger partial charge in [0.15, 0.2) is 0 Å². The second kappa shape index (κ2) is 7.56. The molecule has 0 aliphatic carbocycles. The molecule has 0 bridgehead atoms. The van der Waals surface area contributed by atoms with Crippen molar-refractivity contribution in [2.45, 2.75) is 57.8 Å². The second-order valence-corrected chi connectivity index (χ2v) is 9.27. The first-order chi connectivity index (χ1) is 13.0. The van der Waals surface area contributed by atoms with Crippen molar-refractivity contribution in [1.29, 1.82) is 0 Å². The zero-order valence-electron chi connectivity index (χ0n) is 16.4. The number of ether oxygens (including phenoxy) is 1. The van der Waals surface area contributed by atoms with Crippen molar-refractivity contribution >= 4 is 16.2 Å². The molecule has 9 heteroatoms. The topological polar surface area (TPSA) is 98.9 Å². The van der Waals surface area contributed by atoms with Gasteiger partial charge in [0, 0.05) is 13.0 Å². The number of hydrogen-bond acceptors (Lipinski definition) is 7. The Morgan fingerprint density at radius 3 is 2.57 bits per heavy atom. The van der Waals surface area contributed by atoms with E-state index in [1.54, 1.807) is 37.8 Å². The average molecular weight is 408 g/mol. The number of nitrogens with zero attached hydrogens (tertiary/aromatic N) is 2. The van der Waals surface area contributed by atoms with Crippen LogP contribution in [0.15, 0.2) is 33.6 Å². The molecule has 1 aliphatic rings. The Morgan fingerprint density at radius 1 is 1.25 bits per heavy atom. The predicted octanol–water partition coefficient (Wildman–Crippen LogP) is 3.18. The van der Waals surface area contributed by atoms with E-state index in [1.165, 1.54) is 12.1 Å². The van der Waals surface area contributed by atoms with Gasteiger partial charge >= 0.3 is 6.09 Å². The minimum Gasteiger partial charge on any atom is -0.444 e. The lowest BCUT2D eigenvalue weighted by atomic mass is 10.2. The Bertz CT molecular complexity index is 957. The third kappa shape index (κ3) is 4.90. The number of aryl methyl sites for hydroxylation is 1. The molecule has 0 saturated heterocycles. The van der Waals surface area contributed by atoms with Crippen molar-refractivity contribution in [2.24, 2.45) is 0 Å². The summed E-state index contributed by atoms with van der Waals surface area (Å²) in [5.74, 6) is 0.790. The van der Waals surface area contributed by atoms with Gasteiger partial charge in [-0.2, -0.15) is 8.42 Å². The van der Waals surface area contributed by atoms with E-state index < -0.39 is 21.8 Å². The summed E-state index contributed by atoms with van der Waals surface area (Å²) in [4.78, 5) is 18.1. The molecule has 1 amide bonds. The number of benzene rings is 1. The third-order valence-corrected chi connectivity index (χ3v) is 5.35. The summed E-state index contributed by atoms with van der Waals surface area (Å²) >= 11 is 0. The highest BCUT2D eigenvalue weighted by atomic mass is 32.2. The number of carbonyl (C=O) groups is 1. The number of oxazole rings is 1. The summed E-state index contributed by atoms with van der Waals surface area (Å²) in [5, 5.41) is 0. The van der Waals surface area contributed by atoms with Crippen molar-refractivity contribution in [2.75, 3.05) is 6.54 Å². The molecule has 2 aromatic rings. The van der Waals surface area contributed by atoms with Crippen LogP contribution in [-0.2, 0) is 38.6 Å². The van der Waals surface area contributed by atoms with E-state index in [0.717, 1.165) is 5.56 Å². The zero-order chi connectivity index (χ0) is 20.5. The molecule has 0 saturated carbocycles. The molecule has 1 aliphatic heterocycles. The van der Waals surface area contributed by atoms with Gasteiger partial charge in [0.2, 0.25) is 5.89 Å². The Balaban J connectivity index is 1.64. The SMILES string of the molecule is Cc1ccc(S(=O)(=O)OCc2nc3c(o2)CCN(C(=O)OC(C)(C)C)C3)cc1. The van der Waals surface area contributed by atoms with Gasteiger partial charge in [0.25, 0.3) is 10.1 Å². The molecule has 1 aromatic heterocycles. The van der Waals surface area contributed by atoms with Gasteiger partial charge in [-0.25, -0.2) is 9.78 Å². The van der Waals surface area contributed by atoms with Crippen LogP contribution in [0.25, 0.3) is 0 Å². The number of aromatic nitrogens is 1. The molecular weight excluding hydrogens is 384 g/mol. The van der Waals surface area contributed by atoms with Crippen molar-refractivity contribution in [3.63, 3.8) is 0 Å². The van der Waals surface area contributed by atoms with E-state index in [-0.39, 0.29) is 23.9 Å². The summed E-state index contributed by atoms with van der Waals surface area (Å²) in [6.45, 7) is 7.67. The first-order valence-electron chi connectivity index (χ1n) is 8.95. The molecule has 0 unspecified atom stereocenters. The van der Waals surface area contributed by atoms with Gasteiger partial charge in [0.1, 0.15) is 23.7 Å². The highest BCUT2D eigenvalue weighted by Gasteiger charge is 2.29. The molecule has 0 radical (unpaired) electrons. The van der Waals surface area contributed by atoms with Crippen LogP contribution in [0.3, 0.4) is 0 Å². The Labute approximate surface area is 164 Å². The maximum Gasteiger partial charge on any atom is 0.410 e. The lowest BCUT2D eigenvalue weighted by Gasteiger charge is -2.28. The van der Waals surface area contributed by atoms with E-state index in [0.29, 0.717) is 24.4 Å². The van der Waals surface area contributed by atoms with Gasteiger partial charge in [0.05, 0.1) is 11.4 Å². The molecule has 8 nitrogen and oxygen atoms in total. The summed E-state index contributed by atoms with van der Waals surface area (Å²) in [5.41, 5.74) is 0.960. The molecule has 0 atom stereocenters. The standard InChI is InChI=1S/C19H24N2O6S/c1-13-5-7-14(8-6-13)28(23,24)25-12-17-20-15-11-21(10-9-16(15)26-17)18(22)27-19(2,3)4/h5-8H,9-12H2,1-4H3. The van der Waals surface area contributed by atoms with Gasteiger partial charge < -0.3 is 14.1 Å². The van der Waals surface area contributed by atoms with Gasteiger partial charge in [-0.3, -0.25) is 4.18 Å². The molecule has 1 aromatic carbocycles. The van der Waals surface area contributed by atoms with Crippen LogP contribution >= 0.6 is 0 Å². The average Bonchev–Trinajstić information content (AvgIpc) is 3.01. The first-order valence-corrected chi connectivity index (χ1v) is 10.4. The van der Waals surface area contributed by atoms with Crippen LogP contribution in [0.1, 0.15) is 43.7 Å². The van der Waals surface area contributed by atoms with Gasteiger partial charge in [-0.15, -0.1) is 0 Å². The van der Waals surface area contributed by atoms with Crippen LogP contribution in [-0.4, -0.2) is 36.5 Å². The normalized spacial score (nSPS) is 14.6. The van der Waals surface area contributed by atoms with Crippen molar-refractivity contribution in [1.82, 2.24) is 9.88 Å². The first kappa shape index (κ1) is 20.3. The monoisotopic (exact) mass is 408 g/mol. The second-order valence-electron chi connectivity index (χ2n) is 7.66. The number of amides is 1. The molecule has 28 heavy (non-hydrogen) atoms. The van der Waals surface area contributed by atoms with Crippen LogP contribution in [0, 0.1) is 6.92 Å². The predicted molar refractivity (Wildman–Crippen MR) is 100 cm³/mol. The smallest absolute Gasteiger partial charge is 0.410 e. The van der Waals surface area contributed by atoms with Crippen LogP contribution < -0.4 is 0 Å². The van der Waals surface area contributed by atoms with E-state index in [2.05, 4.69) is 4.98 Å². The van der Waals surface area contributed by atoms with Crippen LogP contribution in [0.4, 0.5) is 4.79 Å². The van der Waals surface area contributed by atoms with Crippen molar-refractivity contribution < 1.29 is 26.5 Å². The van der Waals surface area contributed by atoms with Crippen LogP contribution in [0.2, 0.25) is 0 Å². The molecule has 0 spiro atoms. The molecule has 2 heterocycles. The minimum atomic E-state index is -3.91. The zero-order valence-corrected chi connectivity index (χ0v) is 17.2. The Kier molecular flexibility index (Phi) is 5.49. The number of carbonyl (C=O) groups excluding carboxylic acids is 1. The summed E-state index contributed by atoms with van der Waals surface area (Å²) < 4.78 is 40.6. The molecule has 3 rings (SSSR count). The van der Waals surface area contributed by atoms with E-state index in [9.17, 15) is 13.2 Å². The number of rotatable bonds is 4. The highest BCUT2D eigenvalue weighted by molar-refractivity contribution is 7.86. The summed E-state index contributed by atoms with van der Waals surface area (Å²) in [6.07, 6.45) is 0.0626. The highest BCUT2D eigenvalue weighted by Crippen LogP contribution is 2.23. The fourth-order valence-electron chi connectivity index (χ4n) is 2.70. The quantitative estimate of drug-likeness (QED) is 0.717. The van der Waals surface area contributed by atoms with Crippen molar-refractivity contribution in [3.8, 4) is 0 Å². The fourth-order valence-corrected chi connectivity index (χ4v) is 3.56. The third-order valence-electron chi connectivity index (χ3n) is 4.07. The summed E-state index contributed by atoms with van der Waals surface area (Å²) in [6, 6.07) is 6.38. The van der Waals surface area contributed by atoms with Gasteiger partial charge in [-0.05, 0) is 39.8 Å². The number of hydrogen-bond donors (Lipinski definition) is 0.